The van der Waals surface area contributed by atoms with Crippen LogP contribution in [0.15, 0.2) is 77.4 Å². The van der Waals surface area contributed by atoms with Crippen molar-refractivity contribution in [1.29, 1.82) is 0 Å². The smallest absolute Gasteiger partial charge is 0.265 e. The lowest BCUT2D eigenvalue weighted by atomic mass is 10.1. The third-order valence-corrected chi connectivity index (χ3v) is 4.30. The molecule has 4 rings (SSSR count). The molecule has 0 atom stereocenters. The summed E-state index contributed by atoms with van der Waals surface area (Å²) in [6.07, 6.45) is 4.52. The molecule has 1 N–H and O–H groups in total. The summed E-state index contributed by atoms with van der Waals surface area (Å²) in [7, 11) is 0. The number of anilines is 2. The first kappa shape index (κ1) is 17.6. The molecule has 1 aliphatic heterocycles. The van der Waals surface area contributed by atoms with Gasteiger partial charge in [0.2, 0.25) is 5.91 Å². The van der Waals surface area contributed by atoms with Crippen LogP contribution in [0.3, 0.4) is 0 Å². The van der Waals surface area contributed by atoms with Crippen LogP contribution in [-0.2, 0) is 16.1 Å². The Kier molecular flexibility index (Phi) is 4.93. The minimum absolute atomic E-state index is 0.00256. The van der Waals surface area contributed by atoms with Gasteiger partial charge < -0.3 is 19.4 Å². The quantitative estimate of drug-likeness (QED) is 0.689. The zero-order chi connectivity index (χ0) is 19.3. The second-order valence-corrected chi connectivity index (χ2v) is 6.27. The van der Waals surface area contributed by atoms with E-state index in [9.17, 15) is 9.59 Å². The van der Waals surface area contributed by atoms with E-state index in [-0.39, 0.29) is 18.4 Å². The summed E-state index contributed by atoms with van der Waals surface area (Å²) in [5.41, 5.74) is 2.22. The van der Waals surface area contributed by atoms with Gasteiger partial charge in [-0.1, -0.05) is 30.3 Å². The number of hydrogen-bond donors (Lipinski definition) is 1. The highest BCUT2D eigenvalue weighted by Gasteiger charge is 2.26. The molecule has 1 aromatic heterocycles. The molecule has 6 nitrogen and oxygen atoms in total. The fourth-order valence-corrected chi connectivity index (χ4v) is 2.95. The van der Waals surface area contributed by atoms with Gasteiger partial charge in [-0.15, -0.1) is 0 Å². The average Bonchev–Trinajstić information content (AvgIpc) is 3.23. The molecule has 0 radical (unpaired) electrons. The van der Waals surface area contributed by atoms with E-state index in [1.165, 1.54) is 6.08 Å². The van der Waals surface area contributed by atoms with Gasteiger partial charge in [0, 0.05) is 11.8 Å². The molecule has 0 saturated carbocycles. The van der Waals surface area contributed by atoms with Crippen molar-refractivity contribution >= 4 is 29.3 Å². The third kappa shape index (κ3) is 3.96. The van der Waals surface area contributed by atoms with E-state index >= 15 is 0 Å². The first-order chi connectivity index (χ1) is 13.7. The van der Waals surface area contributed by atoms with E-state index < -0.39 is 0 Å². The van der Waals surface area contributed by atoms with Crippen LogP contribution in [0, 0.1) is 0 Å². The van der Waals surface area contributed by atoms with Crippen molar-refractivity contribution in [1.82, 2.24) is 0 Å². The highest BCUT2D eigenvalue weighted by molar-refractivity contribution is 6.03. The summed E-state index contributed by atoms with van der Waals surface area (Å²) >= 11 is 0. The largest absolute Gasteiger partial charge is 0.482 e. The normalized spacial score (nSPS) is 13.3. The molecule has 28 heavy (non-hydrogen) atoms. The fraction of sp³-hybridized carbons (Fsp3) is 0.0909. The number of nitrogens with one attached hydrogen (secondary N) is 1. The number of furan rings is 1. The van der Waals surface area contributed by atoms with E-state index in [0.29, 0.717) is 29.4 Å². The van der Waals surface area contributed by atoms with Crippen LogP contribution in [0.25, 0.3) is 6.08 Å². The van der Waals surface area contributed by atoms with Gasteiger partial charge in [0.15, 0.2) is 6.61 Å². The number of fused-ring (bicyclic) bond motifs is 1. The van der Waals surface area contributed by atoms with Gasteiger partial charge in [-0.3, -0.25) is 9.59 Å². The van der Waals surface area contributed by atoms with E-state index in [4.69, 9.17) is 9.15 Å². The molecular formula is C22H18N2O4. The van der Waals surface area contributed by atoms with Gasteiger partial charge in [0.05, 0.1) is 18.5 Å². The number of amides is 2. The van der Waals surface area contributed by atoms with Crippen LogP contribution in [0.4, 0.5) is 11.4 Å². The topological polar surface area (TPSA) is 71.8 Å². The van der Waals surface area contributed by atoms with Crippen molar-refractivity contribution in [3.63, 3.8) is 0 Å². The predicted molar refractivity (Wildman–Crippen MR) is 106 cm³/mol. The standard InChI is InChI=1S/C22H18N2O4/c25-21(11-9-18-7-4-12-27-18)23-17-8-10-20-19(13-17)24(22(26)15-28-20)14-16-5-2-1-3-6-16/h1-13H,14-15H2,(H,23,25)/b11-9+. The molecule has 3 aromatic rings. The number of carbonyl (C=O) groups excluding carboxylic acids is 2. The lowest BCUT2D eigenvalue weighted by Gasteiger charge is -2.30. The van der Waals surface area contributed by atoms with Gasteiger partial charge in [-0.25, -0.2) is 0 Å². The minimum Gasteiger partial charge on any atom is -0.482 e. The first-order valence-corrected chi connectivity index (χ1v) is 8.83. The summed E-state index contributed by atoms with van der Waals surface area (Å²) in [6, 6.07) is 18.5. The number of benzene rings is 2. The Balaban J connectivity index is 1.54. The summed E-state index contributed by atoms with van der Waals surface area (Å²) < 4.78 is 10.7. The molecule has 2 heterocycles. The summed E-state index contributed by atoms with van der Waals surface area (Å²) in [5.74, 6) is 0.778. The second kappa shape index (κ2) is 7.84. The number of hydrogen-bond acceptors (Lipinski definition) is 4. The molecule has 1 aliphatic rings. The number of ether oxygens (including phenoxy) is 1. The predicted octanol–water partition coefficient (Wildman–Crippen LogP) is 3.86. The van der Waals surface area contributed by atoms with Crippen LogP contribution in [0.5, 0.6) is 5.75 Å². The van der Waals surface area contributed by atoms with Gasteiger partial charge in [-0.05, 0) is 42.0 Å². The molecular weight excluding hydrogens is 356 g/mol. The van der Waals surface area contributed by atoms with Crippen molar-refractivity contribution in [3.05, 3.63) is 84.3 Å². The SMILES string of the molecule is O=C(/C=C/c1ccco1)Nc1ccc2c(c1)N(Cc1ccccc1)C(=O)CO2. The molecule has 0 saturated heterocycles. The summed E-state index contributed by atoms with van der Waals surface area (Å²) in [6.45, 7) is 0.434. The molecule has 0 unspecified atom stereocenters. The maximum atomic E-state index is 12.4. The molecule has 0 bridgehead atoms. The molecule has 0 spiro atoms. The summed E-state index contributed by atoms with van der Waals surface area (Å²) in [5, 5.41) is 2.79. The molecule has 0 fully saturated rings. The Bertz CT molecular complexity index is 1010. The Morgan fingerprint density at radius 1 is 1.11 bits per heavy atom. The second-order valence-electron chi connectivity index (χ2n) is 6.27. The van der Waals surface area contributed by atoms with E-state index in [1.807, 2.05) is 30.3 Å². The Labute approximate surface area is 162 Å². The van der Waals surface area contributed by atoms with E-state index in [1.54, 1.807) is 47.6 Å². The van der Waals surface area contributed by atoms with Crippen LogP contribution >= 0.6 is 0 Å². The zero-order valence-electron chi connectivity index (χ0n) is 15.0. The van der Waals surface area contributed by atoms with Crippen molar-refractivity contribution in [2.24, 2.45) is 0 Å². The third-order valence-electron chi connectivity index (χ3n) is 4.30. The summed E-state index contributed by atoms with van der Waals surface area (Å²) in [4.78, 5) is 26.3. The van der Waals surface area contributed by atoms with Gasteiger partial charge in [-0.2, -0.15) is 0 Å². The maximum Gasteiger partial charge on any atom is 0.265 e. The van der Waals surface area contributed by atoms with Gasteiger partial charge >= 0.3 is 0 Å². The molecule has 2 amide bonds. The Morgan fingerprint density at radius 3 is 2.75 bits per heavy atom. The fourth-order valence-electron chi connectivity index (χ4n) is 2.95. The van der Waals surface area contributed by atoms with Crippen LogP contribution in [0.1, 0.15) is 11.3 Å². The Hall–Kier alpha value is -3.80. The molecule has 140 valence electrons. The van der Waals surface area contributed by atoms with Crippen molar-refractivity contribution in [2.75, 3.05) is 16.8 Å². The van der Waals surface area contributed by atoms with Crippen molar-refractivity contribution < 1.29 is 18.7 Å². The van der Waals surface area contributed by atoms with E-state index in [0.717, 1.165) is 5.56 Å². The van der Waals surface area contributed by atoms with Crippen molar-refractivity contribution in [3.8, 4) is 5.75 Å². The number of nitrogens with zero attached hydrogens (tertiary/aromatic N) is 1. The molecule has 0 aliphatic carbocycles. The maximum absolute atomic E-state index is 12.4. The van der Waals surface area contributed by atoms with Crippen LogP contribution in [0.2, 0.25) is 0 Å². The van der Waals surface area contributed by atoms with E-state index in [2.05, 4.69) is 5.32 Å². The van der Waals surface area contributed by atoms with Crippen molar-refractivity contribution in [2.45, 2.75) is 6.54 Å². The molecule has 6 heteroatoms. The van der Waals surface area contributed by atoms with Crippen LogP contribution < -0.4 is 15.0 Å². The number of carbonyl (C=O) groups is 2. The van der Waals surface area contributed by atoms with Gasteiger partial charge in [0.25, 0.3) is 5.91 Å². The first-order valence-electron chi connectivity index (χ1n) is 8.83. The highest BCUT2D eigenvalue weighted by Crippen LogP contribution is 2.35. The highest BCUT2D eigenvalue weighted by atomic mass is 16.5. The Morgan fingerprint density at radius 2 is 1.96 bits per heavy atom. The number of rotatable bonds is 5. The monoisotopic (exact) mass is 374 g/mol. The van der Waals surface area contributed by atoms with Gasteiger partial charge in [0.1, 0.15) is 11.5 Å². The zero-order valence-corrected chi connectivity index (χ0v) is 15.0. The molecule has 2 aromatic carbocycles. The average molecular weight is 374 g/mol. The minimum atomic E-state index is -0.297. The lowest BCUT2D eigenvalue weighted by Crippen LogP contribution is -2.38. The van der Waals surface area contributed by atoms with Crippen LogP contribution in [-0.4, -0.2) is 18.4 Å². The lowest BCUT2D eigenvalue weighted by molar-refractivity contribution is -0.121.